The molecule has 0 radical (unpaired) electrons. The molecule has 1 rings (SSSR count). The first-order valence-corrected chi connectivity index (χ1v) is 4.81. The van der Waals surface area contributed by atoms with E-state index in [1.54, 1.807) is 0 Å². The molecule has 0 atom stereocenters. The van der Waals surface area contributed by atoms with Crippen molar-refractivity contribution >= 4 is 5.69 Å². The predicted octanol–water partition coefficient (Wildman–Crippen LogP) is 1.98. The fourth-order valence-electron chi connectivity index (χ4n) is 1.36. The van der Waals surface area contributed by atoms with E-state index in [1.807, 2.05) is 6.08 Å². The molecule has 1 aromatic carbocycles. The summed E-state index contributed by atoms with van der Waals surface area (Å²) < 4.78 is 0. The van der Waals surface area contributed by atoms with Crippen molar-refractivity contribution in [2.24, 2.45) is 0 Å². The van der Waals surface area contributed by atoms with Crippen molar-refractivity contribution in [1.29, 1.82) is 0 Å². The number of hydrogen-bond donors (Lipinski definition) is 1. The van der Waals surface area contributed by atoms with Gasteiger partial charge in [-0.1, -0.05) is 23.8 Å². The number of nitrogens with zero attached hydrogens (tertiary/aromatic N) is 1. The van der Waals surface area contributed by atoms with E-state index in [1.165, 1.54) is 5.56 Å². The molecule has 0 spiro atoms. The number of rotatable bonds is 5. The second-order valence-corrected chi connectivity index (χ2v) is 3.29. The monoisotopic (exact) mass is 191 g/mol. The molecule has 2 nitrogen and oxygen atoms in total. The van der Waals surface area contributed by atoms with Crippen molar-refractivity contribution in [3.63, 3.8) is 0 Å². The number of hydrogen-bond acceptors (Lipinski definition) is 2. The average Bonchev–Trinajstić information content (AvgIpc) is 2.19. The Bertz CT molecular complexity index is 279. The van der Waals surface area contributed by atoms with Gasteiger partial charge in [-0.2, -0.15) is 0 Å². The lowest BCUT2D eigenvalue weighted by molar-refractivity contribution is 0.303. The molecule has 0 unspecified atom stereocenters. The molecule has 14 heavy (non-hydrogen) atoms. The summed E-state index contributed by atoms with van der Waals surface area (Å²) in [6.07, 6.45) is 1.84. The maximum absolute atomic E-state index is 8.90. The van der Waals surface area contributed by atoms with Crippen LogP contribution < -0.4 is 4.90 Å². The van der Waals surface area contributed by atoms with Gasteiger partial charge in [0.2, 0.25) is 0 Å². The van der Waals surface area contributed by atoms with Gasteiger partial charge < -0.3 is 10.0 Å². The van der Waals surface area contributed by atoms with Crippen molar-refractivity contribution < 1.29 is 5.11 Å². The third-order valence-corrected chi connectivity index (χ3v) is 2.12. The largest absolute Gasteiger partial charge is 0.395 e. The minimum atomic E-state index is 0.168. The third-order valence-electron chi connectivity index (χ3n) is 2.12. The Balaban J connectivity index is 2.76. The first-order valence-electron chi connectivity index (χ1n) is 4.81. The van der Waals surface area contributed by atoms with Crippen LogP contribution in [0.25, 0.3) is 0 Å². The fourth-order valence-corrected chi connectivity index (χ4v) is 1.36. The molecule has 0 aromatic heterocycles. The van der Waals surface area contributed by atoms with Crippen LogP contribution in [-0.2, 0) is 0 Å². The summed E-state index contributed by atoms with van der Waals surface area (Å²) in [5.41, 5.74) is 2.38. The molecule has 1 aromatic rings. The van der Waals surface area contributed by atoms with E-state index in [-0.39, 0.29) is 6.61 Å². The zero-order valence-electron chi connectivity index (χ0n) is 8.61. The van der Waals surface area contributed by atoms with Gasteiger partial charge in [0.15, 0.2) is 0 Å². The molecule has 0 saturated heterocycles. The van der Waals surface area contributed by atoms with Gasteiger partial charge >= 0.3 is 0 Å². The maximum atomic E-state index is 8.90. The van der Waals surface area contributed by atoms with Crippen LogP contribution in [0.5, 0.6) is 0 Å². The number of aryl methyl sites for hydroxylation is 1. The molecule has 0 saturated carbocycles. The van der Waals surface area contributed by atoms with Crippen LogP contribution in [0.3, 0.4) is 0 Å². The highest BCUT2D eigenvalue weighted by Gasteiger charge is 2.02. The van der Waals surface area contributed by atoms with Crippen LogP contribution in [-0.4, -0.2) is 24.8 Å². The van der Waals surface area contributed by atoms with Gasteiger partial charge in [-0.15, -0.1) is 6.58 Å². The summed E-state index contributed by atoms with van der Waals surface area (Å²) in [7, 11) is 0. The maximum Gasteiger partial charge on any atom is 0.0606 e. The van der Waals surface area contributed by atoms with Crippen molar-refractivity contribution in [3.05, 3.63) is 42.5 Å². The SMILES string of the molecule is C=CCN(CCO)c1ccc(C)cc1. The first-order chi connectivity index (χ1) is 6.77. The Kier molecular flexibility index (Phi) is 4.20. The first kappa shape index (κ1) is 10.8. The molecule has 1 N–H and O–H groups in total. The number of aliphatic hydroxyl groups is 1. The highest BCUT2D eigenvalue weighted by Crippen LogP contribution is 2.14. The summed E-state index contributed by atoms with van der Waals surface area (Å²) in [4.78, 5) is 2.09. The molecule has 0 aliphatic carbocycles. The van der Waals surface area contributed by atoms with E-state index in [9.17, 15) is 0 Å². The number of benzene rings is 1. The zero-order chi connectivity index (χ0) is 10.4. The Hall–Kier alpha value is -1.28. The lowest BCUT2D eigenvalue weighted by atomic mass is 10.2. The highest BCUT2D eigenvalue weighted by atomic mass is 16.3. The average molecular weight is 191 g/mol. The van der Waals surface area contributed by atoms with Crippen LogP contribution in [0.1, 0.15) is 5.56 Å². The molecule has 0 aliphatic heterocycles. The molecular formula is C12H17NO. The van der Waals surface area contributed by atoms with Gasteiger partial charge in [0, 0.05) is 18.8 Å². The smallest absolute Gasteiger partial charge is 0.0606 e. The molecule has 0 bridgehead atoms. The van der Waals surface area contributed by atoms with Crippen molar-refractivity contribution in [3.8, 4) is 0 Å². The predicted molar refractivity (Wildman–Crippen MR) is 60.7 cm³/mol. The standard InChI is InChI=1S/C12H17NO/c1-3-8-13(9-10-14)12-6-4-11(2)5-7-12/h3-7,14H,1,8-10H2,2H3. The minimum absolute atomic E-state index is 0.168. The summed E-state index contributed by atoms with van der Waals surface area (Å²) in [5, 5.41) is 8.90. The van der Waals surface area contributed by atoms with Crippen molar-refractivity contribution in [2.75, 3.05) is 24.6 Å². The molecule has 76 valence electrons. The quantitative estimate of drug-likeness (QED) is 0.719. The van der Waals surface area contributed by atoms with Crippen LogP contribution in [0.15, 0.2) is 36.9 Å². The molecule has 0 amide bonds. The molecular weight excluding hydrogens is 174 g/mol. The second kappa shape index (κ2) is 5.45. The summed E-state index contributed by atoms with van der Waals surface area (Å²) >= 11 is 0. The third kappa shape index (κ3) is 2.89. The minimum Gasteiger partial charge on any atom is -0.395 e. The topological polar surface area (TPSA) is 23.5 Å². The van der Waals surface area contributed by atoms with E-state index in [0.29, 0.717) is 6.54 Å². The lowest BCUT2D eigenvalue weighted by Crippen LogP contribution is -2.26. The summed E-state index contributed by atoms with van der Waals surface area (Å²) in [6, 6.07) is 8.27. The lowest BCUT2D eigenvalue weighted by Gasteiger charge is -2.22. The Labute approximate surface area is 85.5 Å². The molecule has 0 fully saturated rings. The van der Waals surface area contributed by atoms with E-state index >= 15 is 0 Å². The normalized spacial score (nSPS) is 9.86. The Morgan fingerprint density at radius 2 is 2.00 bits per heavy atom. The second-order valence-electron chi connectivity index (χ2n) is 3.29. The zero-order valence-corrected chi connectivity index (χ0v) is 8.61. The molecule has 2 heteroatoms. The van der Waals surface area contributed by atoms with E-state index in [4.69, 9.17) is 5.11 Å². The van der Waals surface area contributed by atoms with E-state index in [0.717, 1.165) is 12.2 Å². The van der Waals surface area contributed by atoms with Crippen molar-refractivity contribution in [1.82, 2.24) is 0 Å². The van der Waals surface area contributed by atoms with Crippen molar-refractivity contribution in [2.45, 2.75) is 6.92 Å². The Morgan fingerprint density at radius 3 is 2.50 bits per heavy atom. The van der Waals surface area contributed by atoms with Gasteiger partial charge in [0.25, 0.3) is 0 Å². The van der Waals surface area contributed by atoms with Crippen LogP contribution in [0.4, 0.5) is 5.69 Å². The number of aliphatic hydroxyl groups excluding tert-OH is 1. The van der Waals surface area contributed by atoms with Crippen LogP contribution in [0.2, 0.25) is 0 Å². The van der Waals surface area contributed by atoms with Gasteiger partial charge in [-0.05, 0) is 19.1 Å². The van der Waals surface area contributed by atoms with Crippen LogP contribution >= 0.6 is 0 Å². The molecule has 0 aliphatic rings. The van der Waals surface area contributed by atoms with E-state index < -0.39 is 0 Å². The van der Waals surface area contributed by atoms with Gasteiger partial charge in [0.05, 0.1) is 6.61 Å². The fraction of sp³-hybridized carbons (Fsp3) is 0.333. The highest BCUT2D eigenvalue weighted by molar-refractivity contribution is 5.47. The number of anilines is 1. The Morgan fingerprint density at radius 1 is 1.36 bits per heavy atom. The van der Waals surface area contributed by atoms with E-state index in [2.05, 4.69) is 42.7 Å². The van der Waals surface area contributed by atoms with Gasteiger partial charge in [0.1, 0.15) is 0 Å². The summed E-state index contributed by atoms with van der Waals surface area (Å²) in [5.74, 6) is 0. The van der Waals surface area contributed by atoms with Gasteiger partial charge in [-0.25, -0.2) is 0 Å². The molecule has 0 heterocycles. The van der Waals surface area contributed by atoms with Crippen LogP contribution in [0, 0.1) is 6.92 Å². The summed E-state index contributed by atoms with van der Waals surface area (Å²) in [6.45, 7) is 7.35. The van der Waals surface area contributed by atoms with Gasteiger partial charge in [-0.3, -0.25) is 0 Å².